The molecule has 0 amide bonds. The van der Waals surface area contributed by atoms with Crippen molar-refractivity contribution in [3.8, 4) is 6.07 Å². The second-order valence-electron chi connectivity index (χ2n) is 6.36. The zero-order valence-electron chi connectivity index (χ0n) is 14.1. The highest BCUT2D eigenvalue weighted by Gasteiger charge is 2.17. The van der Waals surface area contributed by atoms with Gasteiger partial charge in [-0.15, -0.1) is 0 Å². The molecule has 0 spiro atoms. The fraction of sp³-hybridized carbons (Fsp3) is 0.300. The first-order chi connectivity index (χ1) is 12.1. The molecule has 1 fully saturated rings. The number of nitriles is 1. The van der Waals surface area contributed by atoms with Crippen LogP contribution < -0.4 is 0 Å². The summed E-state index contributed by atoms with van der Waals surface area (Å²) in [5, 5.41) is 17.8. The van der Waals surface area contributed by atoms with Crippen LogP contribution in [-0.2, 0) is 13.1 Å². The number of carbonyl (C=O) groups is 1. The summed E-state index contributed by atoms with van der Waals surface area (Å²) in [7, 11) is 0. The van der Waals surface area contributed by atoms with E-state index in [1.165, 1.54) is 5.56 Å². The Hall–Kier alpha value is -2.68. The van der Waals surface area contributed by atoms with Crippen LogP contribution in [0.2, 0.25) is 0 Å². The summed E-state index contributed by atoms with van der Waals surface area (Å²) in [6, 6.07) is 17.0. The van der Waals surface area contributed by atoms with E-state index in [9.17, 15) is 4.79 Å². The van der Waals surface area contributed by atoms with E-state index >= 15 is 0 Å². The van der Waals surface area contributed by atoms with Crippen LogP contribution in [0.4, 0.5) is 0 Å². The van der Waals surface area contributed by atoms with Gasteiger partial charge in [0.25, 0.3) is 0 Å². The lowest BCUT2D eigenvalue weighted by Crippen LogP contribution is -2.45. The number of benzene rings is 2. The minimum atomic E-state index is -0.886. The van der Waals surface area contributed by atoms with Crippen LogP contribution in [0, 0.1) is 11.3 Å². The summed E-state index contributed by atoms with van der Waals surface area (Å²) >= 11 is 0. The van der Waals surface area contributed by atoms with E-state index in [1.807, 2.05) is 36.4 Å². The van der Waals surface area contributed by atoms with Crippen molar-refractivity contribution in [3.63, 3.8) is 0 Å². The summed E-state index contributed by atoms with van der Waals surface area (Å²) in [4.78, 5) is 15.7. The number of hydrogen-bond donors (Lipinski definition) is 1. The smallest absolute Gasteiger partial charge is 0.335 e. The first kappa shape index (κ1) is 17.2. The largest absolute Gasteiger partial charge is 0.478 e. The topological polar surface area (TPSA) is 67.6 Å². The number of piperazine rings is 1. The molecule has 1 aliphatic rings. The van der Waals surface area contributed by atoms with Crippen molar-refractivity contribution in [1.29, 1.82) is 5.26 Å². The number of rotatable bonds is 5. The zero-order valence-corrected chi connectivity index (χ0v) is 14.1. The van der Waals surface area contributed by atoms with E-state index in [4.69, 9.17) is 10.4 Å². The first-order valence-electron chi connectivity index (χ1n) is 8.40. The first-order valence-corrected chi connectivity index (χ1v) is 8.40. The van der Waals surface area contributed by atoms with Crippen molar-refractivity contribution in [1.82, 2.24) is 9.80 Å². The Kier molecular flexibility index (Phi) is 5.44. The Bertz CT molecular complexity index is 755. The predicted octanol–water partition coefficient (Wildman–Crippen LogP) is 2.57. The Balaban J connectivity index is 1.48. The molecule has 1 aliphatic heterocycles. The molecule has 5 heteroatoms. The maximum atomic E-state index is 10.9. The van der Waals surface area contributed by atoms with Gasteiger partial charge in [0.1, 0.15) is 0 Å². The Morgan fingerprint density at radius 3 is 1.72 bits per heavy atom. The highest BCUT2D eigenvalue weighted by Crippen LogP contribution is 2.13. The minimum Gasteiger partial charge on any atom is -0.478 e. The van der Waals surface area contributed by atoms with E-state index in [0.717, 1.165) is 44.8 Å². The lowest BCUT2D eigenvalue weighted by atomic mass is 10.1. The maximum Gasteiger partial charge on any atom is 0.335 e. The van der Waals surface area contributed by atoms with Crippen LogP contribution in [0.5, 0.6) is 0 Å². The summed E-state index contributed by atoms with van der Waals surface area (Å²) in [6.45, 7) is 5.77. The van der Waals surface area contributed by atoms with Gasteiger partial charge in [-0.2, -0.15) is 5.26 Å². The number of carboxylic acids is 1. The molecule has 5 nitrogen and oxygen atoms in total. The van der Waals surface area contributed by atoms with Gasteiger partial charge in [0, 0.05) is 39.3 Å². The highest BCUT2D eigenvalue weighted by atomic mass is 16.4. The minimum absolute atomic E-state index is 0.330. The third-order valence-electron chi connectivity index (χ3n) is 4.56. The summed E-state index contributed by atoms with van der Waals surface area (Å²) in [6.07, 6.45) is 0. The van der Waals surface area contributed by atoms with E-state index in [0.29, 0.717) is 11.1 Å². The maximum absolute atomic E-state index is 10.9. The average molecular weight is 335 g/mol. The van der Waals surface area contributed by atoms with Crippen molar-refractivity contribution < 1.29 is 9.90 Å². The van der Waals surface area contributed by atoms with Crippen LogP contribution in [0.3, 0.4) is 0 Å². The number of carboxylic acid groups (broad SMARTS) is 1. The number of hydrogen-bond acceptors (Lipinski definition) is 4. The molecule has 0 radical (unpaired) electrons. The lowest BCUT2D eigenvalue weighted by Gasteiger charge is -2.34. The van der Waals surface area contributed by atoms with Gasteiger partial charge in [-0.25, -0.2) is 4.79 Å². The van der Waals surface area contributed by atoms with Gasteiger partial charge in [-0.3, -0.25) is 9.80 Å². The van der Waals surface area contributed by atoms with Gasteiger partial charge in [0.05, 0.1) is 17.2 Å². The molecule has 1 saturated heterocycles. The third-order valence-corrected chi connectivity index (χ3v) is 4.56. The third kappa shape index (κ3) is 4.66. The number of nitrogens with zero attached hydrogens (tertiary/aromatic N) is 3. The monoisotopic (exact) mass is 335 g/mol. The Morgan fingerprint density at radius 2 is 1.32 bits per heavy atom. The summed E-state index contributed by atoms with van der Waals surface area (Å²) < 4.78 is 0. The van der Waals surface area contributed by atoms with Gasteiger partial charge in [-0.1, -0.05) is 24.3 Å². The molecule has 2 aromatic carbocycles. The second kappa shape index (κ2) is 7.93. The molecule has 3 rings (SSSR count). The molecule has 0 saturated carbocycles. The van der Waals surface area contributed by atoms with Crippen molar-refractivity contribution in [3.05, 3.63) is 70.8 Å². The van der Waals surface area contributed by atoms with Crippen LogP contribution >= 0.6 is 0 Å². The van der Waals surface area contributed by atoms with Gasteiger partial charge < -0.3 is 5.11 Å². The molecule has 25 heavy (non-hydrogen) atoms. The van der Waals surface area contributed by atoms with E-state index in [-0.39, 0.29) is 0 Å². The Labute approximate surface area is 147 Å². The summed E-state index contributed by atoms with van der Waals surface area (Å²) in [5.74, 6) is -0.886. The molecule has 1 heterocycles. The zero-order chi connectivity index (χ0) is 17.6. The fourth-order valence-electron chi connectivity index (χ4n) is 3.06. The van der Waals surface area contributed by atoms with E-state index < -0.39 is 5.97 Å². The van der Waals surface area contributed by atoms with E-state index in [2.05, 4.69) is 15.9 Å². The van der Waals surface area contributed by atoms with Crippen molar-refractivity contribution in [2.24, 2.45) is 0 Å². The van der Waals surface area contributed by atoms with Gasteiger partial charge in [0.15, 0.2) is 0 Å². The lowest BCUT2D eigenvalue weighted by molar-refractivity contribution is 0.0697. The molecule has 2 aromatic rings. The Morgan fingerprint density at radius 1 is 0.880 bits per heavy atom. The standard InChI is InChI=1S/C20H21N3O2/c21-13-16-1-3-17(4-2-16)14-22-9-11-23(12-10-22)15-18-5-7-19(8-6-18)20(24)25/h1-8H,9-12,14-15H2,(H,24,25). The molecular weight excluding hydrogens is 314 g/mol. The molecule has 128 valence electrons. The molecule has 0 atom stereocenters. The normalized spacial score (nSPS) is 15.6. The predicted molar refractivity (Wildman–Crippen MR) is 95.1 cm³/mol. The van der Waals surface area contributed by atoms with Crippen LogP contribution in [0.15, 0.2) is 48.5 Å². The van der Waals surface area contributed by atoms with Gasteiger partial charge in [0.2, 0.25) is 0 Å². The van der Waals surface area contributed by atoms with Gasteiger partial charge >= 0.3 is 5.97 Å². The van der Waals surface area contributed by atoms with Crippen molar-refractivity contribution in [2.45, 2.75) is 13.1 Å². The van der Waals surface area contributed by atoms with Crippen molar-refractivity contribution in [2.75, 3.05) is 26.2 Å². The van der Waals surface area contributed by atoms with Crippen LogP contribution in [-0.4, -0.2) is 47.1 Å². The molecule has 0 bridgehead atoms. The number of aromatic carboxylic acids is 1. The van der Waals surface area contributed by atoms with Crippen LogP contribution in [0.25, 0.3) is 0 Å². The van der Waals surface area contributed by atoms with E-state index in [1.54, 1.807) is 12.1 Å². The molecule has 0 aromatic heterocycles. The van der Waals surface area contributed by atoms with Crippen molar-refractivity contribution >= 4 is 5.97 Å². The molecular formula is C20H21N3O2. The molecule has 0 aliphatic carbocycles. The quantitative estimate of drug-likeness (QED) is 0.909. The highest BCUT2D eigenvalue weighted by molar-refractivity contribution is 5.87. The summed E-state index contributed by atoms with van der Waals surface area (Å²) in [5.41, 5.74) is 3.40. The fourth-order valence-corrected chi connectivity index (χ4v) is 3.06. The molecule has 0 unspecified atom stereocenters. The van der Waals surface area contributed by atoms with Gasteiger partial charge in [-0.05, 0) is 35.4 Å². The SMILES string of the molecule is N#Cc1ccc(CN2CCN(Cc3ccc(C(=O)O)cc3)CC2)cc1. The van der Waals surface area contributed by atoms with Crippen LogP contribution in [0.1, 0.15) is 27.0 Å². The average Bonchev–Trinajstić information content (AvgIpc) is 2.64. The molecule has 1 N–H and O–H groups in total. The second-order valence-corrected chi connectivity index (χ2v) is 6.36.